The lowest BCUT2D eigenvalue weighted by Gasteiger charge is -2.37. The quantitative estimate of drug-likeness (QED) is 0.100. The highest BCUT2D eigenvalue weighted by Crippen LogP contribution is 2.45. The van der Waals surface area contributed by atoms with Gasteiger partial charge in [0.15, 0.2) is 0 Å². The predicted molar refractivity (Wildman–Crippen MR) is 212 cm³/mol. The molecule has 0 radical (unpaired) electrons. The molecule has 3 heterocycles. The van der Waals surface area contributed by atoms with Gasteiger partial charge in [0.2, 0.25) is 17.5 Å². The normalized spacial score (nSPS) is 17.3. The fourth-order valence-electron chi connectivity index (χ4n) is 7.15. The van der Waals surface area contributed by atoms with Crippen LogP contribution in [0.1, 0.15) is 36.4 Å². The minimum Gasteiger partial charge on any atom is -0.478 e. The van der Waals surface area contributed by atoms with Crippen molar-refractivity contribution in [2.75, 3.05) is 48.8 Å². The molecule has 22 heteroatoms. The molecule has 0 bridgehead atoms. The number of aliphatic hydroxyl groups is 1. The summed E-state index contributed by atoms with van der Waals surface area (Å²) >= 11 is 6.12. The van der Waals surface area contributed by atoms with Gasteiger partial charge in [-0.05, 0) is 71.7 Å². The Bertz CT molecular complexity index is 2290. The molecule has 2 aliphatic rings. The van der Waals surface area contributed by atoms with Gasteiger partial charge in [0.05, 0.1) is 23.7 Å². The van der Waals surface area contributed by atoms with Crippen LogP contribution in [0.5, 0.6) is 0 Å². The number of aliphatic hydroxyl groups excluding tert-OH is 1. The van der Waals surface area contributed by atoms with Gasteiger partial charge in [-0.15, -0.1) is 5.10 Å². The van der Waals surface area contributed by atoms with Crippen LogP contribution in [0, 0.1) is 5.92 Å². The molecule has 7 N–H and O–H groups in total. The summed E-state index contributed by atoms with van der Waals surface area (Å²) in [5.74, 6) is -5.87. The lowest BCUT2D eigenvalue weighted by Crippen LogP contribution is -2.71. The van der Waals surface area contributed by atoms with Crippen LogP contribution in [0.4, 0.5) is 26.7 Å². The number of benzene rings is 3. The number of nitrogens with one attached hydrogen (secondary N) is 4. The van der Waals surface area contributed by atoms with E-state index < -0.39 is 41.5 Å². The van der Waals surface area contributed by atoms with Crippen LogP contribution in [0.15, 0.2) is 73.1 Å². The van der Waals surface area contributed by atoms with Crippen molar-refractivity contribution < 1.29 is 48.9 Å². The molecule has 2 aliphatic heterocycles. The molecule has 60 heavy (non-hydrogen) atoms. The maximum Gasteiger partial charge on any atom is 0.414 e. The number of nitrogens with zero attached hydrogens (tertiary/aromatic N) is 7. The number of halogens is 1. The first-order chi connectivity index (χ1) is 28.7. The average Bonchev–Trinajstić information content (AvgIpc) is 3.86. The van der Waals surface area contributed by atoms with Gasteiger partial charge >= 0.3 is 29.9 Å². The zero-order valence-electron chi connectivity index (χ0n) is 31.9. The summed E-state index contributed by atoms with van der Waals surface area (Å²) in [4.78, 5) is 95.4. The van der Waals surface area contributed by atoms with Crippen LogP contribution >= 0.6 is 11.6 Å². The van der Waals surface area contributed by atoms with Crippen molar-refractivity contribution in [2.45, 2.75) is 37.4 Å². The van der Waals surface area contributed by atoms with Crippen molar-refractivity contribution in [3.8, 4) is 5.69 Å². The number of anilines is 3. The Balaban J connectivity index is 1.12. The first-order valence-corrected chi connectivity index (χ1v) is 18.9. The molecule has 0 aliphatic carbocycles. The van der Waals surface area contributed by atoms with Crippen molar-refractivity contribution in [1.29, 1.82) is 0 Å². The Morgan fingerprint density at radius 2 is 1.63 bits per heavy atom. The number of carbonyl (C=O) groups excluding carboxylic acids is 5. The summed E-state index contributed by atoms with van der Waals surface area (Å²) in [7, 11) is 1.63. The van der Waals surface area contributed by atoms with Gasteiger partial charge in [0, 0.05) is 55.3 Å². The van der Waals surface area contributed by atoms with Crippen molar-refractivity contribution in [3.05, 3.63) is 89.2 Å². The van der Waals surface area contributed by atoms with E-state index in [2.05, 4.69) is 36.8 Å². The van der Waals surface area contributed by atoms with Crippen LogP contribution in [0.25, 0.3) is 5.69 Å². The first kappa shape index (κ1) is 42.5. The first-order valence-electron chi connectivity index (χ1n) is 18.6. The minimum absolute atomic E-state index is 0.0390. The highest BCUT2D eigenvalue weighted by Gasteiger charge is 2.62. The van der Waals surface area contributed by atoms with E-state index in [1.54, 1.807) is 36.2 Å². The van der Waals surface area contributed by atoms with Crippen molar-refractivity contribution in [2.24, 2.45) is 5.92 Å². The van der Waals surface area contributed by atoms with Gasteiger partial charge in [-0.3, -0.25) is 19.2 Å². The molecule has 1 fully saturated rings. The molecule has 4 aromatic rings. The van der Waals surface area contributed by atoms with Crippen LogP contribution in [-0.2, 0) is 30.4 Å². The van der Waals surface area contributed by atoms with E-state index in [0.717, 1.165) is 0 Å². The highest BCUT2D eigenvalue weighted by molar-refractivity contribution is 6.40. The third-order valence-electron chi connectivity index (χ3n) is 10.2. The summed E-state index contributed by atoms with van der Waals surface area (Å²) < 4.78 is 1.17. The van der Waals surface area contributed by atoms with Crippen LogP contribution in [-0.4, -0.2) is 126 Å². The molecule has 0 spiro atoms. The minimum atomic E-state index is -2.94. The number of carboxylic acid groups (broad SMARTS) is 2. The number of carboxylic acids is 1. The summed E-state index contributed by atoms with van der Waals surface area (Å²) in [6.07, 6.45) is 0.328. The maximum atomic E-state index is 13.6. The fraction of sp³-hybridized carbons (Fsp3) is 0.316. The second-order valence-electron chi connectivity index (χ2n) is 13.9. The monoisotopic (exact) mass is 845 g/mol. The summed E-state index contributed by atoms with van der Waals surface area (Å²) in [5.41, 5.74) is -1.75. The number of aromatic nitrogens is 4. The third-order valence-corrected chi connectivity index (χ3v) is 10.4. The second kappa shape index (κ2) is 18.2. The number of carbonyl (C=O) groups is 7. The van der Waals surface area contributed by atoms with Crippen molar-refractivity contribution in [3.63, 3.8) is 0 Å². The van der Waals surface area contributed by atoms with Gasteiger partial charge in [-0.1, -0.05) is 41.9 Å². The number of fused-ring (bicyclic) bond motifs is 1. The van der Waals surface area contributed by atoms with E-state index in [4.69, 9.17) is 16.7 Å². The van der Waals surface area contributed by atoms with Gasteiger partial charge in [0.1, 0.15) is 12.4 Å². The number of hydrogen-bond donors (Lipinski definition) is 7. The van der Waals surface area contributed by atoms with Gasteiger partial charge < -0.3 is 46.4 Å². The molecule has 21 nitrogen and oxygen atoms in total. The Hall–Kier alpha value is -7.13. The van der Waals surface area contributed by atoms with Crippen LogP contribution in [0.2, 0.25) is 5.02 Å². The molecule has 1 saturated heterocycles. The number of aliphatic carboxylic acids is 1. The molecule has 0 saturated carbocycles. The average molecular weight is 846 g/mol. The number of likely N-dealkylation sites (tertiary alicyclic amines) is 1. The molecule has 314 valence electrons. The molecule has 3 aromatic carbocycles. The van der Waals surface area contributed by atoms with Gasteiger partial charge in [0.25, 0.3) is 0 Å². The summed E-state index contributed by atoms with van der Waals surface area (Å²) in [6.45, 7) is 0.874. The second-order valence-corrected chi connectivity index (χ2v) is 14.4. The topological polar surface area (TPSA) is 282 Å². The largest absolute Gasteiger partial charge is 0.478 e. The maximum absolute atomic E-state index is 13.6. The standard InChI is InChI=1S/C38H40ClN11O10/c1-47(18-19-51)34(55)23-14-16-48(17-15-23)36(58)41-25-10-6-22(7-11-25)8-13-30(52)43-31-26-4-2-3-5-28(26)50(37(59)60)38(31,35(56)57)44-33(54)32(53)42-27-20-24(39)9-12-29(27)49-21-40-45-46-49/h2-7,9-12,20-21,23,31,51H,8,13-19H2,1H3,(H,41,58)(H,42,53)(H,43,52)(H,44,54)(H,56,57)(H,59,60). The molecular formula is C38H40ClN11O10. The zero-order valence-corrected chi connectivity index (χ0v) is 32.7. The summed E-state index contributed by atoms with van der Waals surface area (Å²) in [6, 6.07) is 14.4. The van der Waals surface area contributed by atoms with Gasteiger partial charge in [-0.25, -0.2) is 19.3 Å². The highest BCUT2D eigenvalue weighted by atomic mass is 35.5. The van der Waals surface area contributed by atoms with Gasteiger partial charge in [-0.2, -0.15) is 4.68 Å². The SMILES string of the molecule is CN(CCO)C(=O)C1CCN(C(=O)Nc2ccc(CCC(=O)NC3c4ccccc4N(C(=O)O)C3(NC(=O)C(=O)Nc3cc(Cl)ccc3-n3cnnn3)C(=O)O)cc2)CC1. The zero-order chi connectivity index (χ0) is 43.1. The molecule has 7 amide bonds. The number of rotatable bonds is 12. The Labute approximate surface area is 346 Å². The van der Waals surface area contributed by atoms with E-state index >= 15 is 0 Å². The lowest BCUT2D eigenvalue weighted by atomic mass is 9.95. The van der Waals surface area contributed by atoms with Crippen LogP contribution in [0.3, 0.4) is 0 Å². The fourth-order valence-corrected chi connectivity index (χ4v) is 7.33. The number of hydrogen-bond acceptors (Lipinski definition) is 11. The molecule has 2 unspecified atom stereocenters. The molecule has 6 rings (SSSR count). The number of tetrazole rings is 1. The number of piperidine rings is 1. The van der Waals surface area contributed by atoms with Crippen LogP contribution < -0.4 is 26.2 Å². The Kier molecular flexibility index (Phi) is 12.9. The summed E-state index contributed by atoms with van der Waals surface area (Å²) in [5, 5.41) is 51.0. The Morgan fingerprint density at radius 1 is 0.917 bits per heavy atom. The van der Waals surface area contributed by atoms with E-state index in [9.17, 15) is 43.8 Å². The lowest BCUT2D eigenvalue weighted by molar-refractivity contribution is -0.150. The van der Waals surface area contributed by atoms with Crippen molar-refractivity contribution in [1.82, 2.24) is 40.6 Å². The van der Waals surface area contributed by atoms with E-state index in [1.807, 2.05) is 0 Å². The number of likely N-dealkylation sites (N-methyl/N-ethyl adjacent to an activating group) is 1. The van der Waals surface area contributed by atoms with E-state index in [1.165, 1.54) is 58.4 Å². The molecule has 2 atom stereocenters. The number of aryl methyl sites for hydroxylation is 1. The predicted octanol–water partition coefficient (Wildman–Crippen LogP) is 1.83. The smallest absolute Gasteiger partial charge is 0.414 e. The number of urea groups is 1. The van der Waals surface area contributed by atoms with Crippen molar-refractivity contribution >= 4 is 70.4 Å². The molecule has 1 aromatic heterocycles. The van der Waals surface area contributed by atoms with E-state index in [-0.39, 0.29) is 71.5 Å². The number of para-hydroxylation sites is 1. The van der Waals surface area contributed by atoms with E-state index in [0.29, 0.717) is 42.1 Å². The third kappa shape index (κ3) is 8.95. The Morgan fingerprint density at radius 3 is 2.28 bits per heavy atom. The molecular weight excluding hydrogens is 806 g/mol. The number of amides is 7.